The first-order valence-corrected chi connectivity index (χ1v) is 11.5. The second-order valence-electron chi connectivity index (χ2n) is 7.18. The fraction of sp³-hybridized carbons (Fsp3) is 0.650. The van der Waals surface area contributed by atoms with Crippen LogP contribution in [-0.4, -0.2) is 56.3 Å². The van der Waals surface area contributed by atoms with E-state index in [1.165, 1.54) is 17.1 Å². The third-order valence-corrected chi connectivity index (χ3v) is 7.42. The molecule has 1 heterocycles. The quantitative estimate of drug-likeness (QED) is 0.727. The number of hydrogen-bond acceptors (Lipinski definition) is 3. The van der Waals surface area contributed by atoms with Crippen molar-refractivity contribution in [1.82, 2.24) is 9.21 Å². The zero-order chi connectivity index (χ0) is 19.9. The SMILES string of the molecule is CCN(CC)S(=O)(=O)c1ccc([C@H](C)[NH2+]CC(=O)N2CCCCCC2)cc1. The standard InChI is InChI=1S/C20H33N3O3S/c1-4-23(5-2)27(25,26)19-12-10-18(11-13-19)17(3)21-16-20(24)22-14-8-6-7-9-15-22/h10-13,17,21H,4-9,14-16H2,1-3H3/p+1/t17-/m0/s1. The molecular weight excluding hydrogens is 362 g/mol. The lowest BCUT2D eigenvalue weighted by atomic mass is 10.1. The maximum Gasteiger partial charge on any atom is 0.277 e. The lowest BCUT2D eigenvalue weighted by Crippen LogP contribution is -2.87. The van der Waals surface area contributed by atoms with Crippen molar-refractivity contribution in [2.24, 2.45) is 0 Å². The smallest absolute Gasteiger partial charge is 0.277 e. The molecule has 1 aromatic carbocycles. The summed E-state index contributed by atoms with van der Waals surface area (Å²) in [7, 11) is -3.43. The Labute approximate surface area is 164 Å². The number of quaternary nitrogens is 1. The second-order valence-corrected chi connectivity index (χ2v) is 9.12. The molecule has 1 aliphatic rings. The summed E-state index contributed by atoms with van der Waals surface area (Å²) in [5, 5.41) is 2.03. The first kappa shape index (κ1) is 21.9. The Morgan fingerprint density at radius 3 is 2.15 bits per heavy atom. The average molecular weight is 397 g/mol. The largest absolute Gasteiger partial charge is 0.338 e. The van der Waals surface area contributed by atoms with Crippen LogP contribution in [0.15, 0.2) is 29.2 Å². The van der Waals surface area contributed by atoms with Crippen molar-refractivity contribution in [3.05, 3.63) is 29.8 Å². The number of carbonyl (C=O) groups excluding carboxylic acids is 1. The van der Waals surface area contributed by atoms with Crippen LogP contribution < -0.4 is 5.32 Å². The number of likely N-dealkylation sites (tertiary alicyclic amines) is 1. The summed E-state index contributed by atoms with van der Waals surface area (Å²) in [6.45, 7) is 8.83. The lowest BCUT2D eigenvalue weighted by molar-refractivity contribution is -0.683. The predicted molar refractivity (Wildman–Crippen MR) is 107 cm³/mol. The molecule has 1 saturated heterocycles. The fourth-order valence-electron chi connectivity index (χ4n) is 3.52. The van der Waals surface area contributed by atoms with Crippen molar-refractivity contribution in [1.29, 1.82) is 0 Å². The van der Waals surface area contributed by atoms with Crippen molar-refractivity contribution in [3.63, 3.8) is 0 Å². The average Bonchev–Trinajstić information content (AvgIpc) is 2.96. The molecule has 0 unspecified atom stereocenters. The molecule has 6 nitrogen and oxygen atoms in total. The highest BCUT2D eigenvalue weighted by molar-refractivity contribution is 7.89. The molecule has 0 bridgehead atoms. The molecule has 1 aliphatic heterocycles. The van der Waals surface area contributed by atoms with Gasteiger partial charge in [-0.2, -0.15) is 4.31 Å². The molecule has 0 saturated carbocycles. The van der Waals surface area contributed by atoms with Gasteiger partial charge in [0, 0.05) is 31.7 Å². The molecular formula is C20H34N3O3S+. The lowest BCUT2D eigenvalue weighted by Gasteiger charge is -2.21. The normalized spacial score (nSPS) is 17.0. The number of nitrogens with two attached hydrogens (primary N) is 1. The zero-order valence-electron chi connectivity index (χ0n) is 16.9. The molecule has 1 amide bonds. The maximum absolute atomic E-state index is 12.6. The predicted octanol–water partition coefficient (Wildman–Crippen LogP) is 1.74. The zero-order valence-corrected chi connectivity index (χ0v) is 17.7. The minimum absolute atomic E-state index is 0.103. The van der Waals surface area contributed by atoms with Crippen molar-refractivity contribution in [2.75, 3.05) is 32.7 Å². The van der Waals surface area contributed by atoms with Gasteiger partial charge in [0.15, 0.2) is 6.54 Å². The molecule has 1 aromatic rings. The Kier molecular flexibility index (Phi) is 8.26. The summed E-state index contributed by atoms with van der Waals surface area (Å²) >= 11 is 0. The number of rotatable bonds is 8. The first-order chi connectivity index (χ1) is 12.9. The Morgan fingerprint density at radius 1 is 1.07 bits per heavy atom. The van der Waals surface area contributed by atoms with Gasteiger partial charge in [0.1, 0.15) is 6.04 Å². The number of sulfonamides is 1. The van der Waals surface area contributed by atoms with Crippen LogP contribution in [0.25, 0.3) is 0 Å². The molecule has 0 radical (unpaired) electrons. The topological polar surface area (TPSA) is 74.3 Å². The Morgan fingerprint density at radius 2 is 1.63 bits per heavy atom. The van der Waals surface area contributed by atoms with Crippen LogP contribution in [-0.2, 0) is 14.8 Å². The Bertz CT molecular complexity index is 692. The summed E-state index contributed by atoms with van der Waals surface area (Å²) in [4.78, 5) is 14.7. The van der Waals surface area contributed by atoms with Gasteiger partial charge in [-0.05, 0) is 31.9 Å². The van der Waals surface area contributed by atoms with Gasteiger partial charge in [-0.3, -0.25) is 4.79 Å². The van der Waals surface area contributed by atoms with Gasteiger partial charge >= 0.3 is 0 Å². The van der Waals surface area contributed by atoms with Crippen molar-refractivity contribution >= 4 is 15.9 Å². The number of amides is 1. The highest BCUT2D eigenvalue weighted by Crippen LogP contribution is 2.18. The fourth-order valence-corrected chi connectivity index (χ4v) is 4.98. The van der Waals surface area contributed by atoms with Gasteiger partial charge in [-0.1, -0.05) is 38.8 Å². The van der Waals surface area contributed by atoms with Gasteiger partial charge < -0.3 is 10.2 Å². The Hall–Kier alpha value is -1.44. The molecule has 1 fully saturated rings. The molecule has 7 heteroatoms. The second kappa shape index (κ2) is 10.2. The minimum Gasteiger partial charge on any atom is -0.338 e. The van der Waals surface area contributed by atoms with Gasteiger partial charge in [0.25, 0.3) is 5.91 Å². The van der Waals surface area contributed by atoms with E-state index in [2.05, 4.69) is 0 Å². The van der Waals surface area contributed by atoms with Gasteiger partial charge in [-0.15, -0.1) is 0 Å². The summed E-state index contributed by atoms with van der Waals surface area (Å²) in [6, 6.07) is 7.15. The molecule has 2 N–H and O–H groups in total. The summed E-state index contributed by atoms with van der Waals surface area (Å²) in [6.07, 6.45) is 4.63. The third-order valence-electron chi connectivity index (χ3n) is 5.35. The van der Waals surface area contributed by atoms with Crippen molar-refractivity contribution in [3.8, 4) is 0 Å². The molecule has 2 rings (SSSR count). The summed E-state index contributed by atoms with van der Waals surface area (Å²) in [5.41, 5.74) is 1.03. The van der Waals surface area contributed by atoms with Crippen LogP contribution in [0.2, 0.25) is 0 Å². The van der Waals surface area contributed by atoms with E-state index in [9.17, 15) is 13.2 Å². The van der Waals surface area contributed by atoms with Crippen LogP contribution in [0.5, 0.6) is 0 Å². The monoisotopic (exact) mass is 396 g/mol. The Balaban J connectivity index is 1.95. The molecule has 27 heavy (non-hydrogen) atoms. The van der Waals surface area contributed by atoms with E-state index >= 15 is 0 Å². The van der Waals surface area contributed by atoms with Gasteiger partial charge in [-0.25, -0.2) is 8.42 Å². The van der Waals surface area contributed by atoms with E-state index < -0.39 is 10.0 Å². The highest BCUT2D eigenvalue weighted by atomic mass is 32.2. The van der Waals surface area contributed by atoms with E-state index in [1.54, 1.807) is 12.1 Å². The molecule has 0 aliphatic carbocycles. The number of nitrogens with zero attached hydrogens (tertiary/aromatic N) is 2. The van der Waals surface area contributed by atoms with E-state index in [0.29, 0.717) is 24.5 Å². The van der Waals surface area contributed by atoms with E-state index in [-0.39, 0.29) is 11.9 Å². The van der Waals surface area contributed by atoms with Crippen LogP contribution >= 0.6 is 0 Å². The minimum atomic E-state index is -3.43. The molecule has 152 valence electrons. The number of benzene rings is 1. The van der Waals surface area contributed by atoms with E-state index in [4.69, 9.17) is 0 Å². The summed E-state index contributed by atoms with van der Waals surface area (Å²) < 4.78 is 26.6. The highest BCUT2D eigenvalue weighted by Gasteiger charge is 2.22. The van der Waals surface area contributed by atoms with E-state index in [0.717, 1.165) is 31.5 Å². The molecule has 0 aromatic heterocycles. The van der Waals surface area contributed by atoms with Gasteiger partial charge in [0.05, 0.1) is 4.90 Å². The maximum atomic E-state index is 12.6. The number of hydrogen-bond donors (Lipinski definition) is 1. The van der Waals surface area contributed by atoms with Crippen LogP contribution in [0.3, 0.4) is 0 Å². The van der Waals surface area contributed by atoms with Crippen molar-refractivity contribution < 1.29 is 18.5 Å². The van der Waals surface area contributed by atoms with Crippen LogP contribution in [0, 0.1) is 0 Å². The summed E-state index contributed by atoms with van der Waals surface area (Å²) in [5.74, 6) is 0.199. The molecule has 1 atom stereocenters. The molecule has 0 spiro atoms. The van der Waals surface area contributed by atoms with Crippen molar-refractivity contribution in [2.45, 2.75) is 57.4 Å². The van der Waals surface area contributed by atoms with Gasteiger partial charge in [0.2, 0.25) is 10.0 Å². The first-order valence-electron chi connectivity index (χ1n) is 10.1. The van der Waals surface area contributed by atoms with Crippen LogP contribution in [0.1, 0.15) is 58.1 Å². The number of carbonyl (C=O) groups is 1. The third kappa shape index (κ3) is 5.77. The van der Waals surface area contributed by atoms with E-state index in [1.807, 2.05) is 43.1 Å². The van der Waals surface area contributed by atoms with Crippen LogP contribution in [0.4, 0.5) is 0 Å².